The van der Waals surface area contributed by atoms with E-state index in [0.717, 1.165) is 16.5 Å². The maximum Gasteiger partial charge on any atom is 0.339 e. The minimum atomic E-state index is -0.998. The zero-order valence-corrected chi connectivity index (χ0v) is 11.2. The van der Waals surface area contributed by atoms with Gasteiger partial charge in [0.1, 0.15) is 5.56 Å². The van der Waals surface area contributed by atoms with Crippen molar-refractivity contribution < 1.29 is 9.90 Å². The van der Waals surface area contributed by atoms with Gasteiger partial charge in [0.05, 0.1) is 11.2 Å². The Morgan fingerprint density at radius 2 is 2.00 bits per heavy atom. The number of aromatic nitrogens is 2. The summed E-state index contributed by atoms with van der Waals surface area (Å²) in [5.41, 5.74) is 2.49. The van der Waals surface area contributed by atoms with Crippen LogP contribution in [-0.4, -0.2) is 21.0 Å². The van der Waals surface area contributed by atoms with Crippen molar-refractivity contribution in [2.75, 3.05) is 5.32 Å². The zero-order chi connectivity index (χ0) is 14.7. The number of hydrogen-bond donors (Lipinski definition) is 2. The van der Waals surface area contributed by atoms with Crippen LogP contribution in [0.15, 0.2) is 55.0 Å². The highest BCUT2D eigenvalue weighted by Gasteiger charge is 2.14. The standard InChI is InChI=1S/C16H13N3O2/c20-16(21)13-10-18-14-6-2-1-5-12(14)15(13)19-9-11-4-3-7-17-8-11/h1-8,10H,9H2,(H,18,19)(H,20,21). The highest BCUT2D eigenvalue weighted by Crippen LogP contribution is 2.26. The van der Waals surface area contributed by atoms with E-state index in [4.69, 9.17) is 0 Å². The van der Waals surface area contributed by atoms with E-state index in [1.54, 1.807) is 12.4 Å². The van der Waals surface area contributed by atoms with Gasteiger partial charge in [0.15, 0.2) is 0 Å². The molecule has 5 nitrogen and oxygen atoms in total. The van der Waals surface area contributed by atoms with Crippen LogP contribution in [-0.2, 0) is 6.54 Å². The SMILES string of the molecule is O=C(O)c1cnc2ccccc2c1NCc1cccnc1. The number of nitrogens with one attached hydrogen (secondary N) is 1. The van der Waals surface area contributed by atoms with Crippen molar-refractivity contribution in [2.45, 2.75) is 6.54 Å². The molecule has 2 N–H and O–H groups in total. The van der Waals surface area contributed by atoms with E-state index in [2.05, 4.69) is 15.3 Å². The summed E-state index contributed by atoms with van der Waals surface area (Å²) in [6.07, 6.45) is 4.83. The number of pyridine rings is 2. The fourth-order valence-corrected chi connectivity index (χ4v) is 2.19. The van der Waals surface area contributed by atoms with Crippen molar-refractivity contribution in [1.82, 2.24) is 9.97 Å². The molecule has 104 valence electrons. The zero-order valence-electron chi connectivity index (χ0n) is 11.2. The van der Waals surface area contributed by atoms with Crippen LogP contribution >= 0.6 is 0 Å². The molecule has 0 fully saturated rings. The van der Waals surface area contributed by atoms with Crippen molar-refractivity contribution >= 4 is 22.6 Å². The lowest BCUT2D eigenvalue weighted by Gasteiger charge is -2.12. The second kappa shape index (κ2) is 5.58. The van der Waals surface area contributed by atoms with E-state index in [0.29, 0.717) is 12.2 Å². The smallest absolute Gasteiger partial charge is 0.339 e. The molecular formula is C16H13N3O2. The van der Waals surface area contributed by atoms with Gasteiger partial charge < -0.3 is 10.4 Å². The number of rotatable bonds is 4. The third-order valence-corrected chi connectivity index (χ3v) is 3.20. The van der Waals surface area contributed by atoms with Gasteiger partial charge in [0, 0.05) is 30.5 Å². The number of anilines is 1. The Morgan fingerprint density at radius 3 is 2.76 bits per heavy atom. The van der Waals surface area contributed by atoms with Gasteiger partial charge in [0.25, 0.3) is 0 Å². The second-order valence-corrected chi connectivity index (χ2v) is 4.58. The van der Waals surface area contributed by atoms with Crippen LogP contribution in [0.25, 0.3) is 10.9 Å². The van der Waals surface area contributed by atoms with Gasteiger partial charge in [-0.05, 0) is 17.7 Å². The van der Waals surface area contributed by atoms with Gasteiger partial charge in [-0.25, -0.2) is 4.79 Å². The van der Waals surface area contributed by atoms with E-state index in [9.17, 15) is 9.90 Å². The third kappa shape index (κ3) is 2.67. The quantitative estimate of drug-likeness (QED) is 0.768. The first kappa shape index (κ1) is 13.1. The van der Waals surface area contributed by atoms with Gasteiger partial charge in [-0.2, -0.15) is 0 Å². The average Bonchev–Trinajstić information content (AvgIpc) is 2.53. The molecule has 0 aliphatic carbocycles. The van der Waals surface area contributed by atoms with Gasteiger partial charge in [0.2, 0.25) is 0 Å². The number of hydrogen-bond acceptors (Lipinski definition) is 4. The molecule has 1 aromatic carbocycles. The molecular weight excluding hydrogens is 266 g/mol. The number of benzene rings is 1. The van der Waals surface area contributed by atoms with Gasteiger partial charge in [-0.3, -0.25) is 9.97 Å². The molecule has 0 bridgehead atoms. The Morgan fingerprint density at radius 1 is 1.14 bits per heavy atom. The van der Waals surface area contributed by atoms with Crippen LogP contribution in [0, 0.1) is 0 Å². The first-order chi connectivity index (χ1) is 10.3. The molecule has 0 saturated carbocycles. The number of carboxylic acid groups (broad SMARTS) is 1. The van der Waals surface area contributed by atoms with E-state index >= 15 is 0 Å². The number of carbonyl (C=O) groups is 1. The maximum atomic E-state index is 11.4. The first-order valence-corrected chi connectivity index (χ1v) is 6.49. The highest BCUT2D eigenvalue weighted by molar-refractivity contribution is 6.04. The fraction of sp³-hybridized carbons (Fsp3) is 0.0625. The van der Waals surface area contributed by atoms with Crippen molar-refractivity contribution in [3.05, 3.63) is 66.1 Å². The Labute approximate surface area is 121 Å². The summed E-state index contributed by atoms with van der Waals surface area (Å²) in [4.78, 5) is 19.6. The topological polar surface area (TPSA) is 75.1 Å². The van der Waals surface area contributed by atoms with Crippen molar-refractivity contribution in [2.24, 2.45) is 0 Å². The highest BCUT2D eigenvalue weighted by atomic mass is 16.4. The predicted octanol–water partition coefficient (Wildman–Crippen LogP) is 2.94. The molecule has 21 heavy (non-hydrogen) atoms. The molecule has 3 rings (SSSR count). The summed E-state index contributed by atoms with van der Waals surface area (Å²) >= 11 is 0. The maximum absolute atomic E-state index is 11.4. The third-order valence-electron chi connectivity index (χ3n) is 3.20. The Bertz CT molecular complexity index is 788. The summed E-state index contributed by atoms with van der Waals surface area (Å²) in [5, 5.41) is 13.3. The molecule has 0 atom stereocenters. The Kier molecular flexibility index (Phi) is 3.47. The molecule has 0 spiro atoms. The van der Waals surface area contributed by atoms with E-state index < -0.39 is 5.97 Å². The molecule has 0 radical (unpaired) electrons. The van der Waals surface area contributed by atoms with Crippen LogP contribution in [0.3, 0.4) is 0 Å². The number of fused-ring (bicyclic) bond motifs is 1. The minimum Gasteiger partial charge on any atom is -0.478 e. The van der Waals surface area contributed by atoms with Crippen LogP contribution < -0.4 is 5.32 Å². The Hall–Kier alpha value is -2.95. The van der Waals surface area contributed by atoms with Gasteiger partial charge >= 0.3 is 5.97 Å². The average molecular weight is 279 g/mol. The lowest BCUT2D eigenvalue weighted by molar-refractivity contribution is 0.0697. The second-order valence-electron chi connectivity index (χ2n) is 4.58. The number of carboxylic acids is 1. The number of aromatic carboxylic acids is 1. The number of nitrogens with zero attached hydrogens (tertiary/aromatic N) is 2. The van der Waals surface area contributed by atoms with Crippen molar-refractivity contribution in [3.63, 3.8) is 0 Å². The molecule has 0 unspecified atom stereocenters. The molecule has 2 heterocycles. The monoisotopic (exact) mass is 279 g/mol. The lowest BCUT2D eigenvalue weighted by Crippen LogP contribution is -2.08. The van der Waals surface area contributed by atoms with Gasteiger partial charge in [-0.1, -0.05) is 24.3 Å². The summed E-state index contributed by atoms with van der Waals surface area (Å²) < 4.78 is 0. The molecule has 2 aromatic heterocycles. The fourth-order valence-electron chi connectivity index (χ4n) is 2.19. The van der Waals surface area contributed by atoms with Crippen LogP contribution in [0.1, 0.15) is 15.9 Å². The van der Waals surface area contributed by atoms with Crippen molar-refractivity contribution in [3.8, 4) is 0 Å². The summed E-state index contributed by atoms with van der Waals surface area (Å²) in [6, 6.07) is 11.2. The van der Waals surface area contributed by atoms with Crippen molar-refractivity contribution in [1.29, 1.82) is 0 Å². The number of para-hydroxylation sites is 1. The Balaban J connectivity index is 2.02. The summed E-state index contributed by atoms with van der Waals surface area (Å²) in [7, 11) is 0. The van der Waals surface area contributed by atoms with E-state index in [-0.39, 0.29) is 5.56 Å². The first-order valence-electron chi connectivity index (χ1n) is 6.49. The van der Waals surface area contributed by atoms with Gasteiger partial charge in [-0.15, -0.1) is 0 Å². The molecule has 0 saturated heterocycles. The normalized spacial score (nSPS) is 10.5. The van der Waals surface area contributed by atoms with E-state index in [1.807, 2.05) is 36.4 Å². The largest absolute Gasteiger partial charge is 0.478 e. The predicted molar refractivity (Wildman–Crippen MR) is 80.3 cm³/mol. The molecule has 0 aliphatic heterocycles. The molecule has 0 aliphatic rings. The van der Waals surface area contributed by atoms with E-state index in [1.165, 1.54) is 6.20 Å². The van der Waals surface area contributed by atoms with Crippen LogP contribution in [0.2, 0.25) is 0 Å². The molecule has 0 amide bonds. The van der Waals surface area contributed by atoms with Crippen LogP contribution in [0.4, 0.5) is 5.69 Å². The lowest BCUT2D eigenvalue weighted by atomic mass is 10.1. The molecule has 3 aromatic rings. The summed E-state index contributed by atoms with van der Waals surface area (Å²) in [6.45, 7) is 0.502. The van der Waals surface area contributed by atoms with Crippen LogP contribution in [0.5, 0.6) is 0 Å². The molecule has 5 heteroatoms. The minimum absolute atomic E-state index is 0.164. The summed E-state index contributed by atoms with van der Waals surface area (Å²) in [5.74, 6) is -0.998.